The molecule has 3 rings (SSSR count). The highest BCUT2D eigenvalue weighted by molar-refractivity contribution is 7.23. The van der Waals surface area contributed by atoms with Crippen LogP contribution in [0.2, 0.25) is 5.02 Å². The molecule has 0 bridgehead atoms. The first-order valence-corrected chi connectivity index (χ1v) is 10.2. The van der Waals surface area contributed by atoms with Crippen molar-refractivity contribution in [2.45, 2.75) is 6.92 Å². The molecule has 1 aromatic heterocycles. The highest BCUT2D eigenvalue weighted by atomic mass is 35.5. The fourth-order valence-corrected chi connectivity index (χ4v) is 4.09. The molecule has 0 unspecified atom stereocenters. The first-order valence-electron chi connectivity index (χ1n) is 9.02. The van der Waals surface area contributed by atoms with E-state index in [4.69, 9.17) is 16.3 Å². The average Bonchev–Trinajstić information content (AvgIpc) is 3.14. The number of likely N-dealkylation sites (N-methyl/N-ethyl adjacent to an activating group) is 1. The Morgan fingerprint density at radius 2 is 1.72 bits per heavy atom. The van der Waals surface area contributed by atoms with Gasteiger partial charge in [0.1, 0.15) is 11.3 Å². The Morgan fingerprint density at radius 3 is 2.31 bits per heavy atom. The number of benzene rings is 2. The molecule has 0 aliphatic heterocycles. The van der Waals surface area contributed by atoms with Gasteiger partial charge < -0.3 is 9.64 Å². The lowest BCUT2D eigenvalue weighted by Gasteiger charge is -2.22. The Labute approximate surface area is 178 Å². The molecule has 1 amide bonds. The third-order valence-electron chi connectivity index (χ3n) is 4.45. The van der Waals surface area contributed by atoms with Gasteiger partial charge in [-0.3, -0.25) is 14.5 Å². The molecule has 0 spiro atoms. The Bertz CT molecular complexity index is 1050. The molecular formula is C21H22ClN3O3S. The first-order chi connectivity index (χ1) is 13.8. The van der Waals surface area contributed by atoms with Gasteiger partial charge in [0.2, 0.25) is 0 Å². The van der Waals surface area contributed by atoms with Gasteiger partial charge in [-0.05, 0) is 45.3 Å². The maximum absolute atomic E-state index is 13.3. The normalized spacial score (nSPS) is 11.1. The number of carbonyl (C=O) groups excluding carboxylic acids is 2. The lowest BCUT2D eigenvalue weighted by atomic mass is 10.1. The molecule has 0 aliphatic rings. The van der Waals surface area contributed by atoms with Crippen molar-refractivity contribution in [1.82, 2.24) is 9.88 Å². The minimum Gasteiger partial charge on any atom is -0.494 e. The van der Waals surface area contributed by atoms with Crippen LogP contribution in [0.4, 0.5) is 5.13 Å². The third-order valence-corrected chi connectivity index (χ3v) is 5.99. The second-order valence-corrected chi connectivity index (χ2v) is 8.20. The number of ether oxygens (including phenoxy) is 1. The molecule has 8 heteroatoms. The lowest BCUT2D eigenvalue weighted by Crippen LogP contribution is -2.36. The zero-order valence-corrected chi connectivity index (χ0v) is 18.3. The number of amides is 1. The number of halogens is 1. The number of fused-ring (bicyclic) bond motifs is 1. The summed E-state index contributed by atoms with van der Waals surface area (Å²) in [5, 5.41) is 1.12. The Kier molecular flexibility index (Phi) is 6.52. The molecular weight excluding hydrogens is 410 g/mol. The van der Waals surface area contributed by atoms with Crippen LogP contribution in [-0.4, -0.2) is 55.9 Å². The minimum atomic E-state index is -0.184. The monoisotopic (exact) mass is 431 g/mol. The van der Waals surface area contributed by atoms with Gasteiger partial charge in [0.15, 0.2) is 10.9 Å². The molecule has 6 nitrogen and oxygen atoms in total. The van der Waals surface area contributed by atoms with E-state index in [1.807, 2.05) is 19.0 Å². The summed E-state index contributed by atoms with van der Waals surface area (Å²) in [6, 6.07) is 10.2. The van der Waals surface area contributed by atoms with E-state index in [1.54, 1.807) is 48.4 Å². The van der Waals surface area contributed by atoms with Crippen LogP contribution in [0.3, 0.4) is 0 Å². The molecule has 152 valence electrons. The molecule has 0 fully saturated rings. The van der Waals surface area contributed by atoms with Crippen molar-refractivity contribution >= 4 is 50.0 Å². The van der Waals surface area contributed by atoms with E-state index in [1.165, 1.54) is 18.3 Å². The fraction of sp³-hybridized carbons (Fsp3) is 0.286. The molecule has 3 aromatic rings. The van der Waals surface area contributed by atoms with Crippen LogP contribution < -0.4 is 9.64 Å². The number of anilines is 1. The Balaban J connectivity index is 2.03. The van der Waals surface area contributed by atoms with Gasteiger partial charge in [-0.15, -0.1) is 0 Å². The summed E-state index contributed by atoms with van der Waals surface area (Å²) in [7, 11) is 5.47. The van der Waals surface area contributed by atoms with Gasteiger partial charge in [0, 0.05) is 24.2 Å². The molecule has 0 saturated carbocycles. The number of carbonyl (C=O) groups is 2. The predicted molar refractivity (Wildman–Crippen MR) is 118 cm³/mol. The van der Waals surface area contributed by atoms with E-state index in [9.17, 15) is 9.59 Å². The molecule has 0 aliphatic carbocycles. The van der Waals surface area contributed by atoms with Crippen molar-refractivity contribution in [2.75, 3.05) is 39.2 Å². The summed E-state index contributed by atoms with van der Waals surface area (Å²) < 4.78 is 6.17. The van der Waals surface area contributed by atoms with Crippen LogP contribution >= 0.6 is 22.9 Å². The topological polar surface area (TPSA) is 62.7 Å². The summed E-state index contributed by atoms with van der Waals surface area (Å²) in [4.78, 5) is 33.1. The van der Waals surface area contributed by atoms with Crippen LogP contribution in [0.1, 0.15) is 27.6 Å². The molecule has 1 heterocycles. The van der Waals surface area contributed by atoms with Crippen molar-refractivity contribution < 1.29 is 14.3 Å². The summed E-state index contributed by atoms with van der Waals surface area (Å²) in [6.07, 6.45) is 0. The van der Waals surface area contributed by atoms with Crippen molar-refractivity contribution in [3.8, 4) is 5.75 Å². The van der Waals surface area contributed by atoms with E-state index < -0.39 is 0 Å². The zero-order chi connectivity index (χ0) is 21.1. The summed E-state index contributed by atoms with van der Waals surface area (Å²) in [6.45, 7) is 2.62. The number of rotatable bonds is 7. The van der Waals surface area contributed by atoms with Crippen molar-refractivity contribution in [3.05, 3.63) is 52.5 Å². The second-order valence-electron chi connectivity index (χ2n) is 6.82. The number of aromatic nitrogens is 1. The molecule has 2 aromatic carbocycles. The number of ketones is 1. The third kappa shape index (κ3) is 4.58. The molecule has 0 atom stereocenters. The van der Waals surface area contributed by atoms with Gasteiger partial charge in [-0.1, -0.05) is 35.1 Å². The van der Waals surface area contributed by atoms with E-state index in [0.29, 0.717) is 45.6 Å². The van der Waals surface area contributed by atoms with Crippen molar-refractivity contribution in [1.29, 1.82) is 0 Å². The Hall–Kier alpha value is -2.48. The highest BCUT2D eigenvalue weighted by Gasteiger charge is 2.23. The van der Waals surface area contributed by atoms with Crippen LogP contribution in [0.15, 0.2) is 36.4 Å². The van der Waals surface area contributed by atoms with Crippen molar-refractivity contribution in [2.24, 2.45) is 0 Å². The van der Waals surface area contributed by atoms with Crippen LogP contribution in [0, 0.1) is 0 Å². The molecule has 0 saturated heterocycles. The van der Waals surface area contributed by atoms with E-state index in [-0.39, 0.29) is 11.7 Å². The van der Waals surface area contributed by atoms with Gasteiger partial charge in [-0.25, -0.2) is 4.98 Å². The molecule has 0 N–H and O–H groups in total. The predicted octanol–water partition coefficient (Wildman–Crippen LogP) is 4.37. The van der Waals surface area contributed by atoms with Crippen LogP contribution in [0.5, 0.6) is 5.75 Å². The molecule has 0 radical (unpaired) electrons. The number of hydrogen-bond donors (Lipinski definition) is 0. The van der Waals surface area contributed by atoms with E-state index in [2.05, 4.69) is 4.98 Å². The lowest BCUT2D eigenvalue weighted by molar-refractivity contribution is 0.0981. The van der Waals surface area contributed by atoms with Crippen LogP contribution in [-0.2, 0) is 0 Å². The van der Waals surface area contributed by atoms with E-state index in [0.717, 1.165) is 4.70 Å². The number of hydrogen-bond acceptors (Lipinski definition) is 6. The smallest absolute Gasteiger partial charge is 0.260 e. The fourth-order valence-electron chi connectivity index (χ4n) is 2.81. The summed E-state index contributed by atoms with van der Waals surface area (Å²) in [5.41, 5.74) is 1.69. The average molecular weight is 432 g/mol. The Morgan fingerprint density at radius 1 is 1.07 bits per heavy atom. The molecule has 29 heavy (non-hydrogen) atoms. The SMILES string of the molecule is COc1ccc(Cl)c2sc(N(CCN(C)C)C(=O)c3ccc(C(C)=O)cc3)nc12. The summed E-state index contributed by atoms with van der Waals surface area (Å²) in [5.74, 6) is 0.384. The number of nitrogens with zero attached hydrogens (tertiary/aromatic N) is 3. The van der Waals surface area contributed by atoms with E-state index >= 15 is 0 Å². The number of Topliss-reactive ketones (excluding diaryl/α,β-unsaturated/α-hetero) is 1. The van der Waals surface area contributed by atoms with Crippen LogP contribution in [0.25, 0.3) is 10.2 Å². The first kappa shape index (κ1) is 21.2. The van der Waals surface area contributed by atoms with Gasteiger partial charge in [-0.2, -0.15) is 0 Å². The maximum atomic E-state index is 13.3. The summed E-state index contributed by atoms with van der Waals surface area (Å²) >= 11 is 7.70. The largest absolute Gasteiger partial charge is 0.494 e. The standard InChI is InChI=1S/C21H22ClN3O3S/c1-13(26)14-5-7-15(8-6-14)20(27)25(12-11-24(2)3)21-23-18-17(28-4)10-9-16(22)19(18)29-21/h5-10H,11-12H2,1-4H3. The van der Waals surface area contributed by atoms with Gasteiger partial charge in [0.25, 0.3) is 5.91 Å². The quantitative estimate of drug-likeness (QED) is 0.520. The van der Waals surface area contributed by atoms with Gasteiger partial charge in [0.05, 0.1) is 16.8 Å². The number of thiazole rings is 1. The van der Waals surface area contributed by atoms with Crippen molar-refractivity contribution in [3.63, 3.8) is 0 Å². The highest BCUT2D eigenvalue weighted by Crippen LogP contribution is 2.39. The minimum absolute atomic E-state index is 0.0404. The number of methoxy groups -OCH3 is 1. The van der Waals surface area contributed by atoms with Gasteiger partial charge >= 0.3 is 0 Å². The maximum Gasteiger partial charge on any atom is 0.260 e. The second kappa shape index (κ2) is 8.90. The zero-order valence-electron chi connectivity index (χ0n) is 16.7.